The van der Waals surface area contributed by atoms with E-state index in [9.17, 15) is 0 Å². The number of hydrogen-bond donors (Lipinski definition) is 0. The Hall–Kier alpha value is -2.56. The van der Waals surface area contributed by atoms with E-state index in [1.807, 2.05) is 0 Å². The Morgan fingerprint density at radius 2 is 1.03 bits per heavy atom. The quantitative estimate of drug-likeness (QED) is 0.222. The fourth-order valence-corrected chi connectivity index (χ4v) is 5.83. The van der Waals surface area contributed by atoms with Crippen LogP contribution in [-0.4, -0.2) is 5.60 Å². The Balaban J connectivity index is 1.60. The third-order valence-corrected chi connectivity index (χ3v) is 10.8. The summed E-state index contributed by atoms with van der Waals surface area (Å²) in [4.78, 5) is 2.35. The molecule has 0 aliphatic carbocycles. The second kappa shape index (κ2) is 9.57. The van der Waals surface area contributed by atoms with Gasteiger partial charge in [-0.1, -0.05) is 63.9 Å². The molecule has 4 aromatic carbocycles. The third-order valence-electron chi connectivity index (χ3n) is 8.34. The van der Waals surface area contributed by atoms with Crippen LogP contribution in [0.3, 0.4) is 0 Å². The van der Waals surface area contributed by atoms with Crippen molar-refractivity contribution in [2.24, 2.45) is 0 Å². The lowest BCUT2D eigenvalue weighted by atomic mass is 9.73. The van der Waals surface area contributed by atoms with E-state index < -0.39 is 0 Å². The molecule has 0 saturated heterocycles. The second-order valence-electron chi connectivity index (χ2n) is 11.6. The van der Waals surface area contributed by atoms with Crippen LogP contribution in [0.5, 0.6) is 5.75 Å². The summed E-state index contributed by atoms with van der Waals surface area (Å²) < 4.78 is 8.61. The largest absolute Gasteiger partial charge is 0.487 e. The van der Waals surface area contributed by atoms with Crippen molar-refractivity contribution in [2.45, 2.75) is 66.4 Å². The Morgan fingerprint density at radius 3 is 1.50 bits per heavy atom. The number of rotatable bonds is 4. The molecule has 0 atom stereocenters. The summed E-state index contributed by atoms with van der Waals surface area (Å²) in [5.74, 6) is 0.994. The average Bonchev–Trinajstić information content (AvgIpc) is 3.04. The Bertz CT molecular complexity index is 1450. The van der Waals surface area contributed by atoms with Crippen LogP contribution in [0.2, 0.25) is 0 Å². The average molecular weight is 633 g/mol. The zero-order chi connectivity index (χ0) is 27.6. The predicted octanol–water partition coefficient (Wildman–Crippen LogP) is 11.0. The number of aryl methyl sites for hydroxylation is 4. The summed E-state index contributed by atoms with van der Waals surface area (Å²) in [5, 5.41) is 0. The number of hydrogen-bond acceptors (Lipinski definition) is 2. The molecular formula is C34H35Br2NO. The molecule has 1 aliphatic heterocycles. The molecule has 2 nitrogen and oxygen atoms in total. The first-order valence-electron chi connectivity index (χ1n) is 13.1. The second-order valence-corrected chi connectivity index (χ2v) is 13.2. The molecule has 0 aromatic heterocycles. The molecule has 38 heavy (non-hydrogen) atoms. The summed E-state index contributed by atoms with van der Waals surface area (Å²) in [7, 11) is 0. The molecule has 0 saturated carbocycles. The molecule has 0 fully saturated rings. The van der Waals surface area contributed by atoms with E-state index in [0.29, 0.717) is 0 Å². The van der Waals surface area contributed by atoms with Crippen molar-refractivity contribution in [3.63, 3.8) is 0 Å². The van der Waals surface area contributed by atoms with Gasteiger partial charge in [0.2, 0.25) is 0 Å². The van der Waals surface area contributed by atoms with Gasteiger partial charge < -0.3 is 9.64 Å². The minimum absolute atomic E-state index is 0.0658. The van der Waals surface area contributed by atoms with Crippen LogP contribution < -0.4 is 9.64 Å². The van der Waals surface area contributed by atoms with Gasteiger partial charge in [-0.2, -0.15) is 0 Å². The first-order chi connectivity index (χ1) is 17.8. The van der Waals surface area contributed by atoms with E-state index in [1.54, 1.807) is 0 Å². The fourth-order valence-electron chi connectivity index (χ4n) is 5.37. The smallest absolute Gasteiger partial charge is 0.124 e. The highest BCUT2D eigenvalue weighted by Crippen LogP contribution is 2.50. The standard InChI is InChI=1S/C34H35Br2NO/c1-20-15-27(16-21(2)31(20)35)37(28-17-22(3)32(36)23(4)18-28)26-12-9-24(10-13-26)25-11-14-30-29(19-25)33(5,6)34(7,8)38-30/h9-19H,1-8H3. The molecule has 0 bridgehead atoms. The van der Waals surface area contributed by atoms with Crippen molar-refractivity contribution in [3.8, 4) is 16.9 Å². The molecule has 0 unspecified atom stereocenters. The van der Waals surface area contributed by atoms with Crippen molar-refractivity contribution < 1.29 is 4.74 Å². The number of anilines is 3. The number of halogens is 2. The summed E-state index contributed by atoms with van der Waals surface area (Å²) in [5.41, 5.74) is 11.7. The fraction of sp³-hybridized carbons (Fsp3) is 0.294. The normalized spacial score (nSPS) is 15.2. The molecular weight excluding hydrogens is 598 g/mol. The van der Waals surface area contributed by atoms with Crippen molar-refractivity contribution in [1.82, 2.24) is 0 Å². The Kier molecular flexibility index (Phi) is 6.81. The van der Waals surface area contributed by atoms with Crippen LogP contribution >= 0.6 is 31.9 Å². The van der Waals surface area contributed by atoms with Gasteiger partial charge in [-0.05, 0) is 123 Å². The number of ether oxygens (including phenoxy) is 1. The van der Waals surface area contributed by atoms with Gasteiger partial charge in [-0.25, -0.2) is 0 Å². The van der Waals surface area contributed by atoms with Crippen molar-refractivity contribution in [3.05, 3.63) is 103 Å². The highest BCUT2D eigenvalue weighted by molar-refractivity contribution is 9.10. The molecule has 4 heteroatoms. The van der Waals surface area contributed by atoms with Crippen LogP contribution in [0, 0.1) is 27.7 Å². The van der Waals surface area contributed by atoms with Crippen molar-refractivity contribution in [1.29, 1.82) is 0 Å². The van der Waals surface area contributed by atoms with Crippen LogP contribution in [0.1, 0.15) is 55.5 Å². The van der Waals surface area contributed by atoms with Gasteiger partial charge in [0.05, 0.1) is 0 Å². The molecule has 4 aromatic rings. The third kappa shape index (κ3) is 4.50. The summed E-state index contributed by atoms with van der Waals surface area (Å²) >= 11 is 7.49. The van der Waals surface area contributed by atoms with E-state index in [-0.39, 0.29) is 11.0 Å². The highest BCUT2D eigenvalue weighted by Gasteiger charge is 2.47. The SMILES string of the molecule is Cc1cc(N(c2ccc(-c3ccc4c(c3)C(C)(C)C(C)(C)O4)cc2)c2cc(C)c(Br)c(C)c2)cc(C)c1Br. The zero-order valence-corrected chi connectivity index (χ0v) is 26.6. The topological polar surface area (TPSA) is 12.5 Å². The molecule has 0 N–H and O–H groups in total. The van der Waals surface area contributed by atoms with Crippen molar-refractivity contribution in [2.75, 3.05) is 4.90 Å². The summed E-state index contributed by atoms with van der Waals surface area (Å²) in [6, 6.07) is 24.5. The molecule has 0 spiro atoms. The molecule has 5 rings (SSSR count). The highest BCUT2D eigenvalue weighted by atomic mass is 79.9. The van der Waals surface area contributed by atoms with Crippen LogP contribution in [0.25, 0.3) is 11.1 Å². The van der Waals surface area contributed by atoms with Gasteiger partial charge in [0.25, 0.3) is 0 Å². The molecule has 1 heterocycles. The Morgan fingerprint density at radius 1 is 0.579 bits per heavy atom. The lowest BCUT2D eigenvalue weighted by molar-refractivity contribution is 0.0712. The molecule has 196 valence electrons. The van der Waals surface area contributed by atoms with Gasteiger partial charge in [0, 0.05) is 37.0 Å². The number of fused-ring (bicyclic) bond motifs is 1. The minimum atomic E-state index is -0.236. The van der Waals surface area contributed by atoms with Crippen LogP contribution in [0.4, 0.5) is 17.1 Å². The number of benzene rings is 4. The van der Waals surface area contributed by atoms with E-state index in [1.165, 1.54) is 38.9 Å². The monoisotopic (exact) mass is 631 g/mol. The van der Waals surface area contributed by atoms with Crippen LogP contribution in [-0.2, 0) is 5.41 Å². The van der Waals surface area contributed by atoms with E-state index in [0.717, 1.165) is 31.8 Å². The molecule has 0 amide bonds. The molecule has 0 radical (unpaired) electrons. The maximum absolute atomic E-state index is 6.29. The van der Waals surface area contributed by atoms with Crippen molar-refractivity contribution >= 4 is 48.9 Å². The molecule has 1 aliphatic rings. The first-order valence-corrected chi connectivity index (χ1v) is 14.7. The zero-order valence-electron chi connectivity index (χ0n) is 23.5. The first kappa shape index (κ1) is 27.0. The predicted molar refractivity (Wildman–Crippen MR) is 169 cm³/mol. The number of nitrogens with zero attached hydrogens (tertiary/aromatic N) is 1. The lowest BCUT2D eigenvalue weighted by Crippen LogP contribution is -2.41. The van der Waals surface area contributed by atoms with Crippen LogP contribution in [0.15, 0.2) is 75.7 Å². The van der Waals surface area contributed by atoms with Gasteiger partial charge in [0.15, 0.2) is 0 Å². The van der Waals surface area contributed by atoms with Gasteiger partial charge >= 0.3 is 0 Å². The lowest BCUT2D eigenvalue weighted by Gasteiger charge is -2.33. The maximum Gasteiger partial charge on any atom is 0.124 e. The van der Waals surface area contributed by atoms with E-state index >= 15 is 0 Å². The van der Waals surface area contributed by atoms with E-state index in [2.05, 4.69) is 159 Å². The van der Waals surface area contributed by atoms with E-state index in [4.69, 9.17) is 4.74 Å². The minimum Gasteiger partial charge on any atom is -0.487 e. The maximum atomic E-state index is 6.29. The van der Waals surface area contributed by atoms with Gasteiger partial charge in [-0.15, -0.1) is 0 Å². The van der Waals surface area contributed by atoms with Gasteiger partial charge in [-0.3, -0.25) is 0 Å². The van der Waals surface area contributed by atoms with Gasteiger partial charge in [0.1, 0.15) is 11.4 Å². The summed E-state index contributed by atoms with van der Waals surface area (Å²) in [6.45, 7) is 17.5. The Labute approximate surface area is 244 Å². The summed E-state index contributed by atoms with van der Waals surface area (Å²) in [6.07, 6.45) is 0.